The number of fused-ring (bicyclic) bond motifs is 1. The Labute approximate surface area is 190 Å². The summed E-state index contributed by atoms with van der Waals surface area (Å²) in [6.45, 7) is 0.736. The Balaban J connectivity index is 1.41. The van der Waals surface area contributed by atoms with Crippen molar-refractivity contribution in [3.63, 3.8) is 0 Å². The summed E-state index contributed by atoms with van der Waals surface area (Å²) in [5.74, 6) is 2.40. The molecule has 0 saturated heterocycles. The van der Waals surface area contributed by atoms with E-state index in [4.69, 9.17) is 18.9 Å². The average molecular weight is 450 g/mol. The topological polar surface area (TPSA) is 74.2 Å². The third kappa shape index (κ3) is 5.28. The molecule has 0 radical (unpaired) electrons. The van der Waals surface area contributed by atoms with E-state index in [0.29, 0.717) is 30.5 Å². The second kappa shape index (κ2) is 10.5. The minimum absolute atomic E-state index is 0.341. The fourth-order valence-electron chi connectivity index (χ4n) is 3.02. The molecule has 164 valence electrons. The van der Waals surface area contributed by atoms with Crippen molar-refractivity contribution in [1.82, 2.24) is 4.98 Å². The fourth-order valence-corrected chi connectivity index (χ4v) is 3.83. The van der Waals surface area contributed by atoms with Crippen molar-refractivity contribution in [2.45, 2.75) is 0 Å². The number of methoxy groups -OCH3 is 2. The van der Waals surface area contributed by atoms with E-state index in [-0.39, 0.29) is 0 Å². The van der Waals surface area contributed by atoms with E-state index >= 15 is 0 Å². The molecule has 1 heterocycles. The first kappa shape index (κ1) is 21.5. The number of ether oxygens (including phenoxy) is 4. The van der Waals surface area contributed by atoms with Gasteiger partial charge in [0.25, 0.3) is 0 Å². The molecule has 4 rings (SSSR count). The highest BCUT2D eigenvalue weighted by molar-refractivity contribution is 7.22. The molecular weight excluding hydrogens is 426 g/mol. The molecule has 0 fully saturated rings. The summed E-state index contributed by atoms with van der Waals surface area (Å²) in [7, 11) is 3.17. The Morgan fingerprint density at radius 1 is 0.906 bits per heavy atom. The zero-order valence-corrected chi connectivity index (χ0v) is 18.6. The van der Waals surface area contributed by atoms with Gasteiger partial charge >= 0.3 is 0 Å². The van der Waals surface area contributed by atoms with Crippen molar-refractivity contribution in [1.29, 1.82) is 0 Å². The number of nitrogens with zero attached hydrogens (tertiary/aromatic N) is 2. The van der Waals surface area contributed by atoms with Crippen molar-refractivity contribution in [2.24, 2.45) is 5.10 Å². The highest BCUT2D eigenvalue weighted by atomic mass is 32.1. The third-order valence-electron chi connectivity index (χ3n) is 4.49. The molecule has 1 N–H and O–H groups in total. The van der Waals surface area contributed by atoms with Crippen LogP contribution in [-0.2, 0) is 0 Å². The van der Waals surface area contributed by atoms with Gasteiger partial charge in [-0.05, 0) is 36.4 Å². The van der Waals surface area contributed by atoms with Gasteiger partial charge in [0.05, 0.1) is 30.7 Å². The summed E-state index contributed by atoms with van der Waals surface area (Å²) in [5, 5.41) is 5.02. The Morgan fingerprint density at radius 2 is 1.59 bits per heavy atom. The van der Waals surface area contributed by atoms with E-state index < -0.39 is 0 Å². The molecule has 32 heavy (non-hydrogen) atoms. The molecule has 8 heteroatoms. The van der Waals surface area contributed by atoms with E-state index in [1.54, 1.807) is 31.8 Å². The standard InChI is InChI=1S/C24H23N3O4S/c1-28-20-14-17(16-25-27-24-26-19-10-6-7-11-22(19)32-24)15-21(29-2)23(20)31-13-12-30-18-8-4-3-5-9-18/h3-11,14-16H,12-13H2,1-2H3,(H,26,27)/b25-16+. The molecule has 0 atom stereocenters. The van der Waals surface area contributed by atoms with Crippen LogP contribution in [0.3, 0.4) is 0 Å². The van der Waals surface area contributed by atoms with Crippen molar-refractivity contribution in [3.05, 3.63) is 72.3 Å². The SMILES string of the molecule is COc1cc(/C=N/Nc2nc3ccccc3s2)cc(OC)c1OCCOc1ccccc1. The molecular formula is C24H23N3O4S. The number of rotatable bonds is 10. The number of thiazole rings is 1. The van der Waals surface area contributed by atoms with Gasteiger partial charge in [-0.3, -0.25) is 5.43 Å². The van der Waals surface area contributed by atoms with Crippen LogP contribution in [0.4, 0.5) is 5.13 Å². The van der Waals surface area contributed by atoms with E-state index in [0.717, 1.165) is 26.7 Å². The Hall–Kier alpha value is -3.78. The van der Waals surface area contributed by atoms with Crippen molar-refractivity contribution in [3.8, 4) is 23.0 Å². The van der Waals surface area contributed by atoms with Gasteiger partial charge in [-0.1, -0.05) is 41.7 Å². The number of nitrogens with one attached hydrogen (secondary N) is 1. The molecule has 0 aliphatic rings. The molecule has 0 aliphatic heterocycles. The lowest BCUT2D eigenvalue weighted by Crippen LogP contribution is -2.10. The maximum Gasteiger partial charge on any atom is 0.204 e. The first-order valence-corrected chi connectivity index (χ1v) is 10.8. The van der Waals surface area contributed by atoms with E-state index in [2.05, 4.69) is 15.5 Å². The molecule has 0 spiro atoms. The zero-order valence-electron chi connectivity index (χ0n) is 17.8. The Bertz CT molecular complexity index is 1140. The van der Waals surface area contributed by atoms with Gasteiger partial charge in [0, 0.05) is 5.56 Å². The number of benzene rings is 3. The van der Waals surface area contributed by atoms with E-state index in [9.17, 15) is 0 Å². The molecule has 0 unspecified atom stereocenters. The number of aromatic nitrogens is 1. The fraction of sp³-hybridized carbons (Fsp3) is 0.167. The Morgan fingerprint density at radius 3 is 2.31 bits per heavy atom. The average Bonchev–Trinajstić information content (AvgIpc) is 3.25. The lowest BCUT2D eigenvalue weighted by atomic mass is 10.2. The van der Waals surface area contributed by atoms with E-state index in [1.165, 1.54) is 0 Å². The summed E-state index contributed by atoms with van der Waals surface area (Å²) < 4.78 is 23.7. The Kier molecular flexibility index (Phi) is 7.04. The zero-order chi connectivity index (χ0) is 22.2. The molecule has 0 saturated carbocycles. The lowest BCUT2D eigenvalue weighted by molar-refractivity contribution is 0.205. The maximum absolute atomic E-state index is 5.89. The second-order valence-electron chi connectivity index (χ2n) is 6.62. The molecule has 7 nitrogen and oxygen atoms in total. The van der Waals surface area contributed by atoms with Crippen LogP contribution in [0.1, 0.15) is 5.56 Å². The first-order valence-electron chi connectivity index (χ1n) is 9.98. The van der Waals surface area contributed by atoms with Crippen molar-refractivity contribution in [2.75, 3.05) is 32.9 Å². The highest BCUT2D eigenvalue weighted by Crippen LogP contribution is 2.38. The number of anilines is 1. The van der Waals surface area contributed by atoms with Crippen LogP contribution in [0.25, 0.3) is 10.2 Å². The molecule has 1 aromatic heterocycles. The number of para-hydroxylation sites is 2. The lowest BCUT2D eigenvalue weighted by Gasteiger charge is -2.15. The third-order valence-corrected chi connectivity index (χ3v) is 5.43. The van der Waals surface area contributed by atoms with Crippen LogP contribution in [0.5, 0.6) is 23.0 Å². The largest absolute Gasteiger partial charge is 0.493 e. The van der Waals surface area contributed by atoms with E-state index in [1.807, 2.05) is 66.7 Å². The first-order chi connectivity index (χ1) is 15.8. The smallest absolute Gasteiger partial charge is 0.204 e. The van der Waals surface area contributed by atoms with Crippen LogP contribution in [0.2, 0.25) is 0 Å². The van der Waals surface area contributed by atoms with Gasteiger partial charge in [-0.2, -0.15) is 5.10 Å². The molecule has 0 amide bonds. The second-order valence-corrected chi connectivity index (χ2v) is 7.65. The molecule has 0 aliphatic carbocycles. The summed E-state index contributed by atoms with van der Waals surface area (Å²) in [5.41, 5.74) is 4.71. The van der Waals surface area contributed by atoms with Gasteiger partial charge < -0.3 is 18.9 Å². The number of hydrazone groups is 1. The van der Waals surface area contributed by atoms with Crippen LogP contribution in [0, 0.1) is 0 Å². The van der Waals surface area contributed by atoms with Gasteiger partial charge in [-0.25, -0.2) is 4.98 Å². The summed E-state index contributed by atoms with van der Waals surface area (Å²) >= 11 is 1.54. The summed E-state index contributed by atoms with van der Waals surface area (Å²) in [4.78, 5) is 4.50. The summed E-state index contributed by atoms with van der Waals surface area (Å²) in [6.07, 6.45) is 1.68. The van der Waals surface area contributed by atoms with Gasteiger partial charge in [0.2, 0.25) is 10.9 Å². The van der Waals surface area contributed by atoms with Crippen molar-refractivity contribution < 1.29 is 18.9 Å². The van der Waals surface area contributed by atoms with Gasteiger partial charge in [0.15, 0.2) is 11.5 Å². The van der Waals surface area contributed by atoms with Crippen molar-refractivity contribution >= 4 is 32.9 Å². The quantitative estimate of drug-likeness (QED) is 0.203. The predicted molar refractivity (Wildman–Crippen MR) is 128 cm³/mol. The highest BCUT2D eigenvalue weighted by Gasteiger charge is 2.14. The van der Waals surface area contributed by atoms with Crippen LogP contribution < -0.4 is 24.4 Å². The number of hydrogen-bond donors (Lipinski definition) is 1. The monoisotopic (exact) mass is 449 g/mol. The van der Waals surface area contributed by atoms with Crippen LogP contribution in [0.15, 0.2) is 71.8 Å². The minimum Gasteiger partial charge on any atom is -0.493 e. The van der Waals surface area contributed by atoms with Gasteiger partial charge in [-0.15, -0.1) is 0 Å². The van der Waals surface area contributed by atoms with Crippen LogP contribution >= 0.6 is 11.3 Å². The molecule has 4 aromatic rings. The van der Waals surface area contributed by atoms with Crippen LogP contribution in [-0.4, -0.2) is 38.6 Å². The molecule has 0 bridgehead atoms. The normalized spacial score (nSPS) is 10.9. The minimum atomic E-state index is 0.341. The van der Waals surface area contributed by atoms with Gasteiger partial charge in [0.1, 0.15) is 19.0 Å². The molecule has 3 aromatic carbocycles. The predicted octanol–water partition coefficient (Wildman–Crippen LogP) is 5.22. The summed E-state index contributed by atoms with van der Waals surface area (Å²) in [6, 6.07) is 21.2. The number of hydrogen-bond acceptors (Lipinski definition) is 8. The maximum atomic E-state index is 5.89.